The molecule has 0 radical (unpaired) electrons. The smallest absolute Gasteiger partial charge is 0.309 e. The minimum Gasteiger partial charge on any atom is -0.463 e. The van der Waals surface area contributed by atoms with E-state index in [1.165, 1.54) is 0 Å². The number of aliphatic hydroxyl groups excluding tert-OH is 1. The summed E-state index contributed by atoms with van der Waals surface area (Å²) in [6.45, 7) is 5.82. The highest BCUT2D eigenvalue weighted by Crippen LogP contribution is 2.14. The van der Waals surface area contributed by atoms with Gasteiger partial charge >= 0.3 is 5.97 Å². The Bertz CT molecular complexity index is 191. The maximum atomic E-state index is 11.5. The van der Waals surface area contributed by atoms with Crippen molar-refractivity contribution < 1.29 is 14.6 Å². The van der Waals surface area contributed by atoms with Crippen molar-refractivity contribution in [2.45, 2.75) is 52.6 Å². The van der Waals surface area contributed by atoms with Crippen LogP contribution in [0.5, 0.6) is 0 Å². The number of rotatable bonds is 7. The maximum Gasteiger partial charge on any atom is 0.309 e. The molecule has 0 saturated carbocycles. The van der Waals surface area contributed by atoms with E-state index in [1.807, 2.05) is 33.0 Å². The molecule has 0 aliphatic rings. The molecule has 0 saturated heterocycles. The molecule has 0 aliphatic carbocycles. The molecule has 2 atom stereocenters. The van der Waals surface area contributed by atoms with Gasteiger partial charge in [0.1, 0.15) is 6.61 Å². The lowest BCUT2D eigenvalue weighted by Gasteiger charge is -2.14. The second kappa shape index (κ2) is 12.8. The number of hydrogen-bond donors (Lipinski definition) is 1. The van der Waals surface area contributed by atoms with Crippen LogP contribution in [-0.2, 0) is 9.53 Å². The molecular weight excluding hydrogens is 230 g/mol. The van der Waals surface area contributed by atoms with Crippen molar-refractivity contribution >= 4 is 5.97 Å². The summed E-state index contributed by atoms with van der Waals surface area (Å²) in [4.78, 5) is 13.5. The highest BCUT2D eigenvalue weighted by molar-refractivity contribution is 5.72. The summed E-state index contributed by atoms with van der Waals surface area (Å²) < 4.78 is 4.96. The Labute approximate surface area is 112 Å². The zero-order valence-corrected chi connectivity index (χ0v) is 12.9. The van der Waals surface area contributed by atoms with Crippen molar-refractivity contribution in [3.63, 3.8) is 0 Å². The third-order valence-corrected chi connectivity index (χ3v) is 2.20. The molecule has 4 nitrogen and oxygen atoms in total. The van der Waals surface area contributed by atoms with Crippen LogP contribution in [0.1, 0.15) is 46.5 Å². The number of hydrogen-bond acceptors (Lipinski definition) is 4. The average Bonchev–Trinajstić information content (AvgIpc) is 2.26. The fourth-order valence-electron chi connectivity index (χ4n) is 1.26. The quantitative estimate of drug-likeness (QED) is 0.714. The molecule has 0 spiro atoms. The van der Waals surface area contributed by atoms with Crippen molar-refractivity contribution in [3.05, 3.63) is 0 Å². The summed E-state index contributed by atoms with van der Waals surface area (Å²) in [6.07, 6.45) is 3.30. The lowest BCUT2D eigenvalue weighted by molar-refractivity contribution is -0.151. The monoisotopic (exact) mass is 261 g/mol. The van der Waals surface area contributed by atoms with Gasteiger partial charge in [-0.05, 0) is 40.9 Å². The van der Waals surface area contributed by atoms with Crippen LogP contribution < -0.4 is 0 Å². The first-order valence-electron chi connectivity index (χ1n) is 6.80. The van der Waals surface area contributed by atoms with Gasteiger partial charge in [-0.25, -0.2) is 0 Å². The largest absolute Gasteiger partial charge is 0.463 e. The third kappa shape index (κ3) is 15.4. The topological polar surface area (TPSA) is 49.8 Å². The van der Waals surface area contributed by atoms with E-state index < -0.39 is 6.10 Å². The van der Waals surface area contributed by atoms with Crippen LogP contribution >= 0.6 is 0 Å². The highest BCUT2D eigenvalue weighted by atomic mass is 16.5. The molecule has 1 N–H and O–H groups in total. The Balaban J connectivity index is 0. The Kier molecular flexibility index (Phi) is 14.1. The van der Waals surface area contributed by atoms with Crippen LogP contribution in [0.25, 0.3) is 0 Å². The summed E-state index contributed by atoms with van der Waals surface area (Å²) in [7, 11) is 6.00. The Hall–Kier alpha value is -0.610. The number of aliphatic hydroxyl groups is 1. The fourth-order valence-corrected chi connectivity index (χ4v) is 1.26. The number of nitrogens with zero attached hydrogens (tertiary/aromatic N) is 1. The van der Waals surface area contributed by atoms with E-state index in [9.17, 15) is 4.79 Å². The average molecular weight is 261 g/mol. The summed E-state index contributed by atoms with van der Waals surface area (Å²) in [5.74, 6) is -0.157. The molecule has 110 valence electrons. The van der Waals surface area contributed by atoms with Gasteiger partial charge < -0.3 is 14.7 Å². The normalized spacial score (nSPS) is 13.6. The molecule has 2 unspecified atom stereocenters. The van der Waals surface area contributed by atoms with Gasteiger partial charge in [0.25, 0.3) is 0 Å². The summed E-state index contributed by atoms with van der Waals surface area (Å²) in [6, 6.07) is 0. The number of esters is 1. The molecule has 0 aromatic carbocycles. The summed E-state index contributed by atoms with van der Waals surface area (Å²) in [5.41, 5.74) is 0. The van der Waals surface area contributed by atoms with Crippen molar-refractivity contribution in [1.29, 1.82) is 0 Å². The third-order valence-electron chi connectivity index (χ3n) is 2.20. The zero-order valence-electron chi connectivity index (χ0n) is 12.9. The molecule has 0 aliphatic heterocycles. The van der Waals surface area contributed by atoms with Crippen LogP contribution in [-0.4, -0.2) is 49.8 Å². The second-order valence-electron chi connectivity index (χ2n) is 5.07. The first kappa shape index (κ1) is 19.7. The molecule has 4 heteroatoms. The first-order valence-corrected chi connectivity index (χ1v) is 6.80. The van der Waals surface area contributed by atoms with Crippen LogP contribution in [0.15, 0.2) is 0 Å². The molecule has 0 heterocycles. The van der Waals surface area contributed by atoms with Crippen LogP contribution in [0, 0.1) is 5.92 Å². The van der Waals surface area contributed by atoms with E-state index in [4.69, 9.17) is 9.84 Å². The molecular formula is C14H31NO3. The van der Waals surface area contributed by atoms with Gasteiger partial charge in [-0.2, -0.15) is 0 Å². The Morgan fingerprint density at radius 1 is 1.28 bits per heavy atom. The molecule has 0 amide bonds. The zero-order chi connectivity index (χ0) is 14.6. The van der Waals surface area contributed by atoms with Crippen molar-refractivity contribution in [3.8, 4) is 0 Å². The molecule has 18 heavy (non-hydrogen) atoms. The van der Waals surface area contributed by atoms with E-state index in [2.05, 4.69) is 6.92 Å². The fraction of sp³-hybridized carbons (Fsp3) is 0.929. The maximum absolute atomic E-state index is 11.5. The van der Waals surface area contributed by atoms with Gasteiger partial charge in [0.15, 0.2) is 0 Å². The molecule has 0 rings (SSSR count). The van der Waals surface area contributed by atoms with Crippen LogP contribution in [0.2, 0.25) is 0 Å². The van der Waals surface area contributed by atoms with Crippen molar-refractivity contribution in [2.24, 2.45) is 5.92 Å². The molecule has 0 bridgehead atoms. The van der Waals surface area contributed by atoms with Crippen molar-refractivity contribution in [1.82, 2.24) is 4.90 Å². The number of carbonyl (C=O) groups excluding carboxylic acids is 1. The Morgan fingerprint density at radius 2 is 1.78 bits per heavy atom. The van der Waals surface area contributed by atoms with E-state index in [0.29, 0.717) is 0 Å². The SMILES string of the molecule is CCCCC(CC)C(=O)OCC(C)O.CN(C)C. The molecule has 0 fully saturated rings. The lowest BCUT2D eigenvalue weighted by atomic mass is 10.00. The predicted octanol–water partition coefficient (Wildman–Crippen LogP) is 2.30. The van der Waals surface area contributed by atoms with Gasteiger partial charge in [-0.15, -0.1) is 0 Å². The van der Waals surface area contributed by atoms with E-state index in [0.717, 1.165) is 25.7 Å². The minimum absolute atomic E-state index is 0.00806. The molecule has 0 aromatic heterocycles. The molecule has 0 aromatic rings. The minimum atomic E-state index is -0.567. The van der Waals surface area contributed by atoms with E-state index in [1.54, 1.807) is 6.92 Å². The van der Waals surface area contributed by atoms with E-state index >= 15 is 0 Å². The van der Waals surface area contributed by atoms with Gasteiger partial charge in [0, 0.05) is 0 Å². The Morgan fingerprint density at radius 3 is 2.11 bits per heavy atom. The van der Waals surface area contributed by atoms with Gasteiger partial charge in [0.05, 0.1) is 12.0 Å². The van der Waals surface area contributed by atoms with Gasteiger partial charge in [-0.1, -0.05) is 26.7 Å². The number of unbranched alkanes of at least 4 members (excludes halogenated alkanes) is 1. The van der Waals surface area contributed by atoms with E-state index in [-0.39, 0.29) is 18.5 Å². The lowest BCUT2D eigenvalue weighted by Crippen LogP contribution is -2.21. The van der Waals surface area contributed by atoms with Crippen LogP contribution in [0.3, 0.4) is 0 Å². The van der Waals surface area contributed by atoms with Gasteiger partial charge in [0.2, 0.25) is 0 Å². The van der Waals surface area contributed by atoms with Gasteiger partial charge in [-0.3, -0.25) is 4.79 Å². The number of carbonyl (C=O) groups is 1. The standard InChI is InChI=1S/C11H22O3.C3H9N/c1-4-6-7-10(5-2)11(13)14-8-9(3)12;1-4(2)3/h9-10,12H,4-8H2,1-3H3;1-3H3. The first-order chi connectivity index (χ1) is 8.34. The number of ether oxygens (including phenoxy) is 1. The second-order valence-corrected chi connectivity index (χ2v) is 5.07. The van der Waals surface area contributed by atoms with Crippen LogP contribution in [0.4, 0.5) is 0 Å². The van der Waals surface area contributed by atoms with Crippen molar-refractivity contribution in [2.75, 3.05) is 27.7 Å². The summed E-state index contributed by atoms with van der Waals surface area (Å²) in [5, 5.41) is 8.95. The summed E-state index contributed by atoms with van der Waals surface area (Å²) >= 11 is 0. The predicted molar refractivity (Wildman–Crippen MR) is 75.6 cm³/mol. The highest BCUT2D eigenvalue weighted by Gasteiger charge is 2.17.